The fourth-order valence-electron chi connectivity index (χ4n) is 3.96. The predicted molar refractivity (Wildman–Crippen MR) is 116 cm³/mol. The lowest BCUT2D eigenvalue weighted by Gasteiger charge is -2.31. The van der Waals surface area contributed by atoms with Crippen LogP contribution in [0.15, 0.2) is 71.6 Å². The van der Waals surface area contributed by atoms with E-state index in [1.54, 1.807) is 68.0 Å². The number of methoxy groups -OCH3 is 1. The van der Waals surface area contributed by atoms with Crippen molar-refractivity contribution in [2.45, 2.75) is 37.8 Å². The molecular formula is C24H25N3O4. The largest absolute Gasteiger partial charge is 0.497 e. The van der Waals surface area contributed by atoms with Crippen molar-refractivity contribution < 1.29 is 18.7 Å². The maximum atomic E-state index is 13.5. The molecule has 0 saturated heterocycles. The molecule has 2 aromatic heterocycles. The zero-order chi connectivity index (χ0) is 21.6. The average molecular weight is 419 g/mol. The summed E-state index contributed by atoms with van der Waals surface area (Å²) in [5.41, 5.74) is 1.23. The molecule has 1 aliphatic carbocycles. The Morgan fingerprint density at radius 1 is 1.10 bits per heavy atom. The van der Waals surface area contributed by atoms with E-state index in [9.17, 15) is 9.59 Å². The fraction of sp³-hybridized carbons (Fsp3) is 0.292. The number of anilines is 1. The second-order valence-electron chi connectivity index (χ2n) is 7.52. The SMILES string of the molecule is COc1ccc(N(C(=O)c2ccco2)[C@H](C(=O)NC2CCCC2)c2ccncc2)cc1. The van der Waals surface area contributed by atoms with E-state index in [0.29, 0.717) is 17.0 Å². The van der Waals surface area contributed by atoms with Gasteiger partial charge in [0, 0.05) is 24.1 Å². The van der Waals surface area contributed by atoms with Gasteiger partial charge in [0.2, 0.25) is 5.91 Å². The molecule has 31 heavy (non-hydrogen) atoms. The molecule has 7 nitrogen and oxygen atoms in total. The van der Waals surface area contributed by atoms with E-state index in [-0.39, 0.29) is 17.7 Å². The predicted octanol–water partition coefficient (Wildman–Crippen LogP) is 4.13. The highest BCUT2D eigenvalue weighted by Gasteiger charge is 2.35. The first kappa shape index (κ1) is 20.7. The number of hydrogen-bond acceptors (Lipinski definition) is 5. The number of furan rings is 1. The van der Waals surface area contributed by atoms with E-state index in [4.69, 9.17) is 9.15 Å². The van der Waals surface area contributed by atoms with Crippen molar-refractivity contribution in [1.82, 2.24) is 10.3 Å². The molecule has 1 saturated carbocycles. The fourth-order valence-corrected chi connectivity index (χ4v) is 3.96. The molecule has 1 aromatic carbocycles. The molecule has 4 rings (SSSR count). The summed E-state index contributed by atoms with van der Waals surface area (Å²) in [4.78, 5) is 32.6. The van der Waals surface area contributed by atoms with Crippen LogP contribution in [0, 0.1) is 0 Å². The number of nitrogens with zero attached hydrogens (tertiary/aromatic N) is 2. The van der Waals surface area contributed by atoms with Crippen LogP contribution in [0.1, 0.15) is 47.8 Å². The van der Waals surface area contributed by atoms with Gasteiger partial charge >= 0.3 is 0 Å². The summed E-state index contributed by atoms with van der Waals surface area (Å²) in [6, 6.07) is 13.0. The van der Waals surface area contributed by atoms with Crippen LogP contribution in [0.25, 0.3) is 0 Å². The number of hydrogen-bond donors (Lipinski definition) is 1. The summed E-state index contributed by atoms with van der Waals surface area (Å²) in [5, 5.41) is 3.14. The summed E-state index contributed by atoms with van der Waals surface area (Å²) in [6.07, 6.45) is 8.77. The van der Waals surface area contributed by atoms with Crippen molar-refractivity contribution in [3.63, 3.8) is 0 Å². The molecule has 2 amide bonds. The van der Waals surface area contributed by atoms with Crippen molar-refractivity contribution in [3.8, 4) is 5.75 Å². The van der Waals surface area contributed by atoms with Gasteiger partial charge in [0.05, 0.1) is 13.4 Å². The Morgan fingerprint density at radius 2 is 1.81 bits per heavy atom. The maximum absolute atomic E-state index is 13.5. The van der Waals surface area contributed by atoms with Gasteiger partial charge in [0.25, 0.3) is 5.91 Å². The zero-order valence-corrected chi connectivity index (χ0v) is 17.4. The van der Waals surface area contributed by atoms with Crippen LogP contribution in [0.2, 0.25) is 0 Å². The molecule has 2 heterocycles. The van der Waals surface area contributed by atoms with Crippen LogP contribution < -0.4 is 15.0 Å². The molecule has 1 atom stereocenters. The topological polar surface area (TPSA) is 84.7 Å². The van der Waals surface area contributed by atoms with E-state index in [1.165, 1.54) is 11.2 Å². The Balaban J connectivity index is 1.77. The number of ether oxygens (including phenoxy) is 1. The van der Waals surface area contributed by atoms with Crippen molar-refractivity contribution in [2.24, 2.45) is 0 Å². The molecule has 1 N–H and O–H groups in total. The molecule has 1 aliphatic rings. The first-order valence-electron chi connectivity index (χ1n) is 10.4. The van der Waals surface area contributed by atoms with Crippen LogP contribution in [0.4, 0.5) is 5.69 Å². The Hall–Kier alpha value is -3.61. The minimum Gasteiger partial charge on any atom is -0.497 e. The molecule has 0 aliphatic heterocycles. The number of aromatic nitrogens is 1. The van der Waals surface area contributed by atoms with Gasteiger partial charge in [-0.3, -0.25) is 19.5 Å². The zero-order valence-electron chi connectivity index (χ0n) is 17.4. The van der Waals surface area contributed by atoms with E-state index in [1.807, 2.05) is 0 Å². The minimum atomic E-state index is -0.880. The van der Waals surface area contributed by atoms with Gasteiger partial charge in [0.15, 0.2) is 5.76 Å². The lowest BCUT2D eigenvalue weighted by atomic mass is 10.0. The number of pyridine rings is 1. The highest BCUT2D eigenvalue weighted by Crippen LogP contribution is 2.31. The Labute approximate surface area is 181 Å². The van der Waals surface area contributed by atoms with E-state index in [2.05, 4.69) is 10.3 Å². The number of rotatable bonds is 7. The molecule has 0 unspecified atom stereocenters. The van der Waals surface area contributed by atoms with E-state index in [0.717, 1.165) is 25.7 Å². The molecular weight excluding hydrogens is 394 g/mol. The third kappa shape index (κ3) is 4.60. The number of carbonyl (C=O) groups is 2. The van der Waals surface area contributed by atoms with Crippen molar-refractivity contribution in [3.05, 3.63) is 78.5 Å². The van der Waals surface area contributed by atoms with Crippen molar-refractivity contribution in [2.75, 3.05) is 12.0 Å². The molecule has 160 valence electrons. The molecule has 0 bridgehead atoms. The molecule has 7 heteroatoms. The quantitative estimate of drug-likeness (QED) is 0.622. The van der Waals surface area contributed by atoms with Gasteiger partial charge in [-0.05, 0) is 66.9 Å². The number of nitrogens with one attached hydrogen (secondary N) is 1. The van der Waals surface area contributed by atoms with Gasteiger partial charge in [-0.25, -0.2) is 0 Å². The van der Waals surface area contributed by atoms with Crippen molar-refractivity contribution in [1.29, 1.82) is 0 Å². The van der Waals surface area contributed by atoms with Crippen LogP contribution in [0.3, 0.4) is 0 Å². The number of carbonyl (C=O) groups excluding carboxylic acids is 2. The van der Waals surface area contributed by atoms with Gasteiger partial charge in [-0.2, -0.15) is 0 Å². The Kier molecular flexibility index (Phi) is 6.31. The Bertz CT molecular complexity index is 997. The second kappa shape index (κ2) is 9.47. The average Bonchev–Trinajstić information content (AvgIpc) is 3.52. The van der Waals surface area contributed by atoms with Gasteiger partial charge in [-0.15, -0.1) is 0 Å². The highest BCUT2D eigenvalue weighted by atomic mass is 16.5. The molecule has 0 radical (unpaired) electrons. The Morgan fingerprint density at radius 3 is 2.42 bits per heavy atom. The third-order valence-electron chi connectivity index (χ3n) is 5.53. The summed E-state index contributed by atoms with van der Waals surface area (Å²) in [5.74, 6) is 0.181. The van der Waals surface area contributed by atoms with Gasteiger partial charge in [0.1, 0.15) is 11.8 Å². The van der Waals surface area contributed by atoms with Crippen molar-refractivity contribution >= 4 is 17.5 Å². The van der Waals surface area contributed by atoms with Gasteiger partial charge in [-0.1, -0.05) is 12.8 Å². The standard InChI is InChI=1S/C24H25N3O4/c1-30-20-10-8-19(9-11-20)27(24(29)21-7-4-16-31-21)22(17-12-14-25-15-13-17)23(28)26-18-5-2-3-6-18/h4,7-16,18,22H,2-3,5-6H2,1H3,(H,26,28)/t22-/m0/s1. The lowest BCUT2D eigenvalue weighted by Crippen LogP contribution is -2.46. The van der Waals surface area contributed by atoms with E-state index < -0.39 is 11.9 Å². The van der Waals surface area contributed by atoms with Crippen LogP contribution >= 0.6 is 0 Å². The highest BCUT2D eigenvalue weighted by molar-refractivity contribution is 6.08. The molecule has 3 aromatic rings. The summed E-state index contributed by atoms with van der Waals surface area (Å²) in [7, 11) is 1.58. The first-order chi connectivity index (χ1) is 15.2. The maximum Gasteiger partial charge on any atom is 0.294 e. The first-order valence-corrected chi connectivity index (χ1v) is 10.4. The normalized spacial score (nSPS) is 14.7. The summed E-state index contributed by atoms with van der Waals surface area (Å²) >= 11 is 0. The van der Waals surface area contributed by atoms with Gasteiger partial charge < -0.3 is 14.5 Å². The minimum absolute atomic E-state index is 0.119. The van der Waals surface area contributed by atoms with E-state index >= 15 is 0 Å². The smallest absolute Gasteiger partial charge is 0.294 e. The monoisotopic (exact) mass is 419 g/mol. The summed E-state index contributed by atoms with van der Waals surface area (Å²) in [6.45, 7) is 0. The number of amides is 2. The second-order valence-corrected chi connectivity index (χ2v) is 7.52. The number of benzene rings is 1. The van der Waals surface area contributed by atoms with Crippen LogP contribution in [0.5, 0.6) is 5.75 Å². The van der Waals surface area contributed by atoms with Crippen LogP contribution in [-0.2, 0) is 4.79 Å². The molecule has 0 spiro atoms. The third-order valence-corrected chi connectivity index (χ3v) is 5.53. The van der Waals surface area contributed by atoms with Crippen LogP contribution in [-0.4, -0.2) is 29.9 Å². The lowest BCUT2D eigenvalue weighted by molar-refractivity contribution is -0.123. The summed E-state index contributed by atoms with van der Waals surface area (Å²) < 4.78 is 10.6. The molecule has 1 fully saturated rings.